The van der Waals surface area contributed by atoms with Gasteiger partial charge in [0.2, 0.25) is 0 Å². The van der Waals surface area contributed by atoms with Crippen molar-refractivity contribution in [2.45, 2.75) is 12.1 Å². The van der Waals surface area contributed by atoms with Gasteiger partial charge in [-0.25, -0.2) is 13.2 Å². The van der Waals surface area contributed by atoms with E-state index in [0.717, 1.165) is 48.5 Å². The van der Waals surface area contributed by atoms with E-state index < -0.39 is 46.3 Å². The van der Waals surface area contributed by atoms with Crippen LogP contribution >= 0.6 is 0 Å². The van der Waals surface area contributed by atoms with E-state index >= 15 is 0 Å². The van der Waals surface area contributed by atoms with Crippen molar-refractivity contribution in [1.82, 2.24) is 0 Å². The van der Waals surface area contributed by atoms with E-state index in [1.165, 1.54) is 0 Å². The van der Waals surface area contributed by atoms with Gasteiger partial charge in [0.05, 0.1) is 0 Å². The molecule has 0 saturated heterocycles. The third-order valence-electron chi connectivity index (χ3n) is 3.12. The van der Waals surface area contributed by atoms with Crippen molar-refractivity contribution >= 4 is 5.57 Å². The first-order chi connectivity index (χ1) is 11.0. The highest BCUT2D eigenvalue weighted by Crippen LogP contribution is 2.45. The smallest absolute Gasteiger partial charge is 0.207 e. The van der Waals surface area contributed by atoms with Crippen LogP contribution in [0, 0.1) is 11.6 Å². The van der Waals surface area contributed by atoms with Crippen molar-refractivity contribution < 1.29 is 35.1 Å². The van der Waals surface area contributed by atoms with Crippen LogP contribution in [0.1, 0.15) is 11.1 Å². The Hall–Kier alpha value is -2.38. The van der Waals surface area contributed by atoms with Crippen LogP contribution in [0.4, 0.5) is 35.1 Å². The van der Waals surface area contributed by atoms with Crippen LogP contribution in [0.5, 0.6) is 0 Å². The summed E-state index contributed by atoms with van der Waals surface area (Å²) in [6, 6.07) is 6.49. The lowest BCUT2D eigenvalue weighted by Crippen LogP contribution is -2.37. The molecule has 0 bridgehead atoms. The lowest BCUT2D eigenvalue weighted by atomic mass is 9.95. The monoisotopic (exact) mass is 352 g/mol. The predicted molar refractivity (Wildman–Crippen MR) is 70.9 cm³/mol. The molecule has 2 aromatic rings. The van der Waals surface area contributed by atoms with Crippen molar-refractivity contribution in [2.24, 2.45) is 0 Å². The Kier molecular flexibility index (Phi) is 4.68. The zero-order valence-corrected chi connectivity index (χ0v) is 11.6. The number of hydrogen-bond acceptors (Lipinski definition) is 0. The molecule has 2 rings (SSSR count). The molecule has 0 N–H and O–H groups in total. The van der Waals surface area contributed by atoms with Gasteiger partial charge in [-0.3, -0.25) is 0 Å². The summed E-state index contributed by atoms with van der Waals surface area (Å²) < 4.78 is 104. The Morgan fingerprint density at radius 1 is 0.625 bits per heavy atom. The molecule has 8 heteroatoms. The molecule has 0 radical (unpaired) electrons. The normalized spacial score (nSPS) is 12.2. The van der Waals surface area contributed by atoms with Crippen LogP contribution in [0.15, 0.2) is 54.4 Å². The second kappa shape index (κ2) is 6.26. The van der Waals surface area contributed by atoms with Crippen molar-refractivity contribution in [3.63, 3.8) is 0 Å². The molecule has 0 unspecified atom stereocenters. The second-order valence-corrected chi connectivity index (χ2v) is 4.77. The molecule has 128 valence electrons. The summed E-state index contributed by atoms with van der Waals surface area (Å²) in [5, 5.41) is 0. The molecule has 0 fully saturated rings. The SMILES string of the molecule is FC(=C(c1ccc(F)cc1)c1ccc(F)cc1)C(F)(F)C(F)(F)F. The highest BCUT2D eigenvalue weighted by Gasteiger charge is 2.62. The molecule has 0 heterocycles. The molecule has 0 aliphatic carbocycles. The summed E-state index contributed by atoms with van der Waals surface area (Å²) in [5.41, 5.74) is -1.92. The highest BCUT2D eigenvalue weighted by molar-refractivity contribution is 5.82. The molecule has 0 saturated carbocycles. The van der Waals surface area contributed by atoms with Gasteiger partial charge in [-0.2, -0.15) is 22.0 Å². The Labute approximate surface area is 131 Å². The minimum atomic E-state index is -6.16. The van der Waals surface area contributed by atoms with Crippen molar-refractivity contribution in [3.05, 3.63) is 77.1 Å². The van der Waals surface area contributed by atoms with E-state index in [2.05, 4.69) is 0 Å². The first-order valence-corrected chi connectivity index (χ1v) is 6.40. The average Bonchev–Trinajstić information content (AvgIpc) is 2.50. The topological polar surface area (TPSA) is 0 Å². The molecule has 0 aromatic heterocycles. The quantitative estimate of drug-likeness (QED) is 0.604. The molecular weight excluding hydrogens is 344 g/mol. The third kappa shape index (κ3) is 3.42. The lowest BCUT2D eigenvalue weighted by molar-refractivity contribution is -0.270. The number of benzene rings is 2. The molecule has 24 heavy (non-hydrogen) atoms. The van der Waals surface area contributed by atoms with Crippen LogP contribution in [0.25, 0.3) is 5.57 Å². The molecule has 0 aliphatic heterocycles. The van der Waals surface area contributed by atoms with E-state index in [0.29, 0.717) is 0 Å². The van der Waals surface area contributed by atoms with Gasteiger partial charge in [-0.1, -0.05) is 24.3 Å². The van der Waals surface area contributed by atoms with Crippen molar-refractivity contribution in [2.75, 3.05) is 0 Å². The standard InChI is InChI=1S/C16H8F8/c17-11-5-1-9(2-6-11)13(10-3-7-12(18)8-4-10)14(19)15(20,21)16(22,23)24/h1-8H. The van der Waals surface area contributed by atoms with Gasteiger partial charge in [0.1, 0.15) is 11.6 Å². The molecular formula is C16H8F8. The first-order valence-electron chi connectivity index (χ1n) is 6.40. The second-order valence-electron chi connectivity index (χ2n) is 4.77. The Morgan fingerprint density at radius 2 is 0.958 bits per heavy atom. The van der Waals surface area contributed by atoms with Crippen LogP contribution in [0.3, 0.4) is 0 Å². The average molecular weight is 352 g/mol. The maximum atomic E-state index is 14.1. The molecule has 0 amide bonds. The van der Waals surface area contributed by atoms with Gasteiger partial charge >= 0.3 is 12.1 Å². The Balaban J connectivity index is 2.73. The molecule has 0 atom stereocenters. The van der Waals surface area contributed by atoms with Crippen LogP contribution < -0.4 is 0 Å². The van der Waals surface area contributed by atoms with Crippen molar-refractivity contribution in [3.8, 4) is 0 Å². The molecule has 2 aromatic carbocycles. The minimum absolute atomic E-state index is 0.413. The van der Waals surface area contributed by atoms with Crippen molar-refractivity contribution in [1.29, 1.82) is 0 Å². The lowest BCUT2D eigenvalue weighted by Gasteiger charge is -2.21. The van der Waals surface area contributed by atoms with E-state index in [-0.39, 0.29) is 0 Å². The minimum Gasteiger partial charge on any atom is -0.207 e. The number of halogens is 8. The maximum absolute atomic E-state index is 14.1. The zero-order chi connectivity index (χ0) is 18.1. The third-order valence-corrected chi connectivity index (χ3v) is 3.12. The summed E-state index contributed by atoms with van der Waals surface area (Å²) in [7, 11) is 0. The number of hydrogen-bond donors (Lipinski definition) is 0. The molecule has 0 nitrogen and oxygen atoms in total. The summed E-state index contributed by atoms with van der Waals surface area (Å²) in [5.74, 6) is -10.1. The fourth-order valence-corrected chi connectivity index (χ4v) is 1.93. The van der Waals surface area contributed by atoms with E-state index in [1.807, 2.05) is 0 Å². The van der Waals surface area contributed by atoms with Crippen LogP contribution in [0.2, 0.25) is 0 Å². The van der Waals surface area contributed by atoms with E-state index in [4.69, 9.17) is 0 Å². The zero-order valence-electron chi connectivity index (χ0n) is 11.6. The highest BCUT2D eigenvalue weighted by atomic mass is 19.4. The fraction of sp³-hybridized carbons (Fsp3) is 0.125. The molecule has 0 spiro atoms. The summed E-state index contributed by atoms with van der Waals surface area (Å²) in [4.78, 5) is 0. The Bertz CT molecular complexity index is 692. The van der Waals surface area contributed by atoms with Gasteiger partial charge in [0.25, 0.3) is 0 Å². The number of allylic oxidation sites excluding steroid dienone is 1. The molecule has 0 aliphatic rings. The largest absolute Gasteiger partial charge is 0.460 e. The summed E-state index contributed by atoms with van der Waals surface area (Å²) in [6.45, 7) is 0. The van der Waals surface area contributed by atoms with Gasteiger partial charge in [-0.15, -0.1) is 0 Å². The van der Waals surface area contributed by atoms with Gasteiger partial charge in [-0.05, 0) is 35.4 Å². The van der Waals surface area contributed by atoms with Gasteiger partial charge < -0.3 is 0 Å². The summed E-state index contributed by atoms with van der Waals surface area (Å²) >= 11 is 0. The maximum Gasteiger partial charge on any atom is 0.460 e. The number of rotatable bonds is 3. The Morgan fingerprint density at radius 3 is 1.25 bits per heavy atom. The first kappa shape index (κ1) is 18.0. The predicted octanol–water partition coefficient (Wildman–Crippen LogP) is 5.89. The summed E-state index contributed by atoms with van der Waals surface area (Å²) in [6.07, 6.45) is -6.16. The van der Waals surface area contributed by atoms with Gasteiger partial charge in [0.15, 0.2) is 5.83 Å². The van der Waals surface area contributed by atoms with Gasteiger partial charge in [0, 0.05) is 5.57 Å². The van der Waals surface area contributed by atoms with E-state index in [1.54, 1.807) is 0 Å². The van der Waals surface area contributed by atoms with E-state index in [9.17, 15) is 35.1 Å². The van der Waals surface area contributed by atoms with Crippen LogP contribution in [-0.2, 0) is 0 Å². The number of alkyl halides is 5. The van der Waals surface area contributed by atoms with Crippen LogP contribution in [-0.4, -0.2) is 12.1 Å². The fourth-order valence-electron chi connectivity index (χ4n) is 1.93.